The molecular weight excluding hydrogens is 235 g/mol. The van der Waals surface area contributed by atoms with E-state index < -0.39 is 0 Å². The van der Waals surface area contributed by atoms with Gasteiger partial charge in [0.25, 0.3) is 0 Å². The van der Waals surface area contributed by atoms with Crippen LogP contribution in [0.2, 0.25) is 0 Å². The van der Waals surface area contributed by atoms with E-state index in [2.05, 4.69) is 10.3 Å². The molecule has 1 atom stereocenters. The zero-order valence-electron chi connectivity index (χ0n) is 9.69. The van der Waals surface area contributed by atoms with Gasteiger partial charge in [0.1, 0.15) is 5.52 Å². The number of fused-ring (bicyclic) bond motifs is 1. The first-order chi connectivity index (χ1) is 8.66. The molecule has 0 bridgehead atoms. The number of imidazole rings is 1. The Balaban J connectivity index is 2.08. The van der Waals surface area contributed by atoms with E-state index in [4.69, 9.17) is 5.73 Å². The Morgan fingerprint density at radius 1 is 1.50 bits per heavy atom. The molecule has 5 nitrogen and oxygen atoms in total. The summed E-state index contributed by atoms with van der Waals surface area (Å²) in [5.74, 6) is -0.0468. The number of nitrogens with one attached hydrogen (secondary N) is 1. The highest BCUT2D eigenvalue weighted by atomic mass is 19.1. The minimum absolute atomic E-state index is 0.0366. The number of hydrogen-bond donors (Lipinski definition) is 2. The topological polar surface area (TPSA) is 72.9 Å². The molecule has 2 aromatic rings. The monoisotopic (exact) mass is 248 g/mol. The highest BCUT2D eigenvalue weighted by Gasteiger charge is 2.23. The second-order valence-corrected chi connectivity index (χ2v) is 4.44. The van der Waals surface area contributed by atoms with Crippen molar-refractivity contribution in [1.29, 1.82) is 0 Å². The van der Waals surface area contributed by atoms with Crippen LogP contribution in [-0.2, 0) is 4.79 Å². The normalized spacial score (nSPS) is 20.1. The molecule has 2 heterocycles. The van der Waals surface area contributed by atoms with Gasteiger partial charge in [-0.25, -0.2) is 9.37 Å². The van der Waals surface area contributed by atoms with Crippen LogP contribution in [0, 0.1) is 5.82 Å². The van der Waals surface area contributed by atoms with E-state index in [0.29, 0.717) is 24.9 Å². The molecule has 1 aromatic heterocycles. The average Bonchev–Trinajstić information content (AvgIpc) is 2.69. The van der Waals surface area contributed by atoms with Crippen LogP contribution in [0.4, 0.5) is 10.3 Å². The molecule has 0 spiro atoms. The second kappa shape index (κ2) is 3.97. The number of nitrogens with two attached hydrogens (primary N) is 1. The first kappa shape index (κ1) is 11.0. The van der Waals surface area contributed by atoms with Gasteiger partial charge >= 0.3 is 0 Å². The molecule has 0 saturated carbocycles. The fourth-order valence-corrected chi connectivity index (χ4v) is 2.42. The lowest BCUT2D eigenvalue weighted by Crippen LogP contribution is -2.36. The summed E-state index contributed by atoms with van der Waals surface area (Å²) in [5.41, 5.74) is 6.82. The van der Waals surface area contributed by atoms with Crippen LogP contribution >= 0.6 is 0 Å². The third-order valence-corrected chi connectivity index (χ3v) is 3.30. The van der Waals surface area contributed by atoms with Gasteiger partial charge in [0.2, 0.25) is 11.9 Å². The number of aromatic nitrogens is 2. The lowest BCUT2D eigenvalue weighted by molar-refractivity contribution is -0.122. The number of hydrogen-bond acceptors (Lipinski definition) is 3. The SMILES string of the molecule is Nc1nc2c(F)cccc2n1C1CCC(=O)NC1. The molecule has 94 valence electrons. The van der Waals surface area contributed by atoms with E-state index in [0.717, 1.165) is 0 Å². The number of rotatable bonds is 1. The van der Waals surface area contributed by atoms with Crippen LogP contribution < -0.4 is 11.1 Å². The van der Waals surface area contributed by atoms with Gasteiger partial charge < -0.3 is 15.6 Å². The summed E-state index contributed by atoms with van der Waals surface area (Å²) in [6.07, 6.45) is 1.15. The Morgan fingerprint density at radius 2 is 2.33 bits per heavy atom. The Hall–Kier alpha value is -2.11. The van der Waals surface area contributed by atoms with Crippen molar-refractivity contribution in [2.75, 3.05) is 12.3 Å². The van der Waals surface area contributed by atoms with Gasteiger partial charge in [-0.3, -0.25) is 4.79 Å². The maximum atomic E-state index is 13.6. The van der Waals surface area contributed by atoms with Gasteiger partial charge in [0.05, 0.1) is 11.6 Å². The first-order valence-electron chi connectivity index (χ1n) is 5.85. The van der Waals surface area contributed by atoms with Crippen molar-refractivity contribution in [3.8, 4) is 0 Å². The number of amides is 1. The summed E-state index contributed by atoms with van der Waals surface area (Å²) in [6, 6.07) is 4.82. The van der Waals surface area contributed by atoms with Crippen LogP contribution in [0.25, 0.3) is 11.0 Å². The maximum absolute atomic E-state index is 13.6. The van der Waals surface area contributed by atoms with Crippen LogP contribution in [0.3, 0.4) is 0 Å². The predicted octanol–water partition coefficient (Wildman–Crippen LogP) is 1.21. The van der Waals surface area contributed by atoms with Crippen molar-refractivity contribution in [3.05, 3.63) is 24.0 Å². The molecule has 3 N–H and O–H groups in total. The number of carbonyl (C=O) groups excluding carboxylic acids is 1. The minimum Gasteiger partial charge on any atom is -0.369 e. The molecule has 1 aromatic carbocycles. The largest absolute Gasteiger partial charge is 0.369 e. The highest BCUT2D eigenvalue weighted by molar-refractivity contribution is 5.80. The molecule has 0 aliphatic carbocycles. The van der Waals surface area contributed by atoms with Crippen molar-refractivity contribution in [3.63, 3.8) is 0 Å². The number of benzene rings is 1. The van der Waals surface area contributed by atoms with Gasteiger partial charge in [-0.2, -0.15) is 0 Å². The molecule has 0 radical (unpaired) electrons. The zero-order chi connectivity index (χ0) is 12.7. The van der Waals surface area contributed by atoms with Gasteiger partial charge in [-0.05, 0) is 18.6 Å². The van der Waals surface area contributed by atoms with Crippen LogP contribution in [-0.4, -0.2) is 22.0 Å². The van der Waals surface area contributed by atoms with E-state index >= 15 is 0 Å². The zero-order valence-corrected chi connectivity index (χ0v) is 9.69. The maximum Gasteiger partial charge on any atom is 0.220 e. The number of nitrogen functional groups attached to an aromatic ring is 1. The number of carbonyl (C=O) groups is 1. The van der Waals surface area contributed by atoms with E-state index in [1.165, 1.54) is 6.07 Å². The molecule has 1 fully saturated rings. The summed E-state index contributed by atoms with van der Waals surface area (Å²) in [7, 11) is 0. The Bertz CT molecular complexity index is 612. The molecule has 1 unspecified atom stereocenters. The first-order valence-corrected chi connectivity index (χ1v) is 5.85. The van der Waals surface area contributed by atoms with Crippen LogP contribution in [0.15, 0.2) is 18.2 Å². The Kier molecular flexibility index (Phi) is 2.43. The third-order valence-electron chi connectivity index (χ3n) is 3.30. The van der Waals surface area contributed by atoms with Crippen LogP contribution in [0.5, 0.6) is 0 Å². The molecular formula is C12H13FN4O. The molecule has 3 rings (SSSR count). The fourth-order valence-electron chi connectivity index (χ4n) is 2.42. The van der Waals surface area contributed by atoms with Crippen molar-refractivity contribution >= 4 is 22.9 Å². The predicted molar refractivity (Wildman–Crippen MR) is 65.4 cm³/mol. The standard InChI is InChI=1S/C12H13FN4O/c13-8-2-1-3-9-11(8)16-12(14)17(9)7-4-5-10(18)15-6-7/h1-3,7H,4-6H2,(H2,14,16)(H,15,18). The van der Waals surface area contributed by atoms with E-state index in [9.17, 15) is 9.18 Å². The summed E-state index contributed by atoms with van der Waals surface area (Å²) in [5, 5.41) is 2.79. The summed E-state index contributed by atoms with van der Waals surface area (Å²) in [6.45, 7) is 0.505. The highest BCUT2D eigenvalue weighted by Crippen LogP contribution is 2.27. The summed E-state index contributed by atoms with van der Waals surface area (Å²) in [4.78, 5) is 15.2. The third kappa shape index (κ3) is 1.61. The van der Waals surface area contributed by atoms with Gasteiger partial charge in [-0.15, -0.1) is 0 Å². The van der Waals surface area contributed by atoms with E-state index in [1.54, 1.807) is 16.7 Å². The molecule has 1 aliphatic heterocycles. The minimum atomic E-state index is -0.377. The Labute approximate surface area is 103 Å². The Morgan fingerprint density at radius 3 is 3.06 bits per heavy atom. The number of piperidine rings is 1. The van der Waals surface area contributed by atoms with E-state index in [-0.39, 0.29) is 29.2 Å². The molecule has 18 heavy (non-hydrogen) atoms. The number of para-hydroxylation sites is 1. The average molecular weight is 248 g/mol. The lowest BCUT2D eigenvalue weighted by Gasteiger charge is -2.25. The number of halogens is 1. The quantitative estimate of drug-likeness (QED) is 0.796. The van der Waals surface area contributed by atoms with Crippen molar-refractivity contribution < 1.29 is 9.18 Å². The molecule has 1 amide bonds. The summed E-state index contributed by atoms with van der Waals surface area (Å²) >= 11 is 0. The lowest BCUT2D eigenvalue weighted by atomic mass is 10.1. The molecule has 1 aliphatic rings. The van der Waals surface area contributed by atoms with E-state index in [1.807, 2.05) is 0 Å². The fraction of sp³-hybridized carbons (Fsp3) is 0.333. The van der Waals surface area contributed by atoms with Crippen molar-refractivity contribution in [2.24, 2.45) is 0 Å². The van der Waals surface area contributed by atoms with Gasteiger partial charge in [-0.1, -0.05) is 6.07 Å². The smallest absolute Gasteiger partial charge is 0.220 e. The number of nitrogens with zero attached hydrogens (tertiary/aromatic N) is 2. The number of anilines is 1. The molecule has 6 heteroatoms. The van der Waals surface area contributed by atoms with Crippen molar-refractivity contribution in [1.82, 2.24) is 14.9 Å². The molecule has 1 saturated heterocycles. The van der Waals surface area contributed by atoms with Crippen molar-refractivity contribution in [2.45, 2.75) is 18.9 Å². The van der Waals surface area contributed by atoms with Crippen LogP contribution in [0.1, 0.15) is 18.9 Å². The summed E-state index contributed by atoms with van der Waals surface area (Å²) < 4.78 is 15.4. The van der Waals surface area contributed by atoms with Gasteiger partial charge in [0, 0.05) is 13.0 Å². The van der Waals surface area contributed by atoms with Gasteiger partial charge in [0.15, 0.2) is 5.82 Å². The second-order valence-electron chi connectivity index (χ2n) is 4.44.